The van der Waals surface area contributed by atoms with Crippen LogP contribution in [0, 0.1) is 6.92 Å². The Morgan fingerprint density at radius 3 is 2.67 bits per heavy atom. The van der Waals surface area contributed by atoms with Gasteiger partial charge in [0.25, 0.3) is 0 Å². The molecule has 0 saturated carbocycles. The molecule has 2 aliphatic heterocycles. The molecule has 1 atom stereocenters. The van der Waals surface area contributed by atoms with Gasteiger partial charge in [-0.1, -0.05) is 12.1 Å². The summed E-state index contributed by atoms with van der Waals surface area (Å²) < 4.78 is 11.2. The highest BCUT2D eigenvalue weighted by Gasteiger charge is 2.25. The number of nitrogens with one attached hydrogen (secondary N) is 1. The third kappa shape index (κ3) is 3.95. The molecule has 4 rings (SSSR count). The molecule has 0 amide bonds. The van der Waals surface area contributed by atoms with Crippen molar-refractivity contribution in [3.63, 3.8) is 0 Å². The van der Waals surface area contributed by atoms with E-state index in [1.165, 1.54) is 11.3 Å². The number of fused-ring (bicyclic) bond motifs is 1. The van der Waals surface area contributed by atoms with Crippen molar-refractivity contribution in [2.45, 2.75) is 19.9 Å². The lowest BCUT2D eigenvalue weighted by molar-refractivity contribution is 0.171. The zero-order chi connectivity index (χ0) is 18.8. The predicted octanol–water partition coefficient (Wildman–Crippen LogP) is 3.67. The number of hydrogen-bond acceptors (Lipinski definition) is 4. The second-order valence-electron chi connectivity index (χ2n) is 7.12. The number of aryl methyl sites for hydroxylation is 1. The Morgan fingerprint density at radius 2 is 1.89 bits per heavy atom. The Hall–Kier alpha value is -2.47. The van der Waals surface area contributed by atoms with Crippen LogP contribution in [0.25, 0.3) is 0 Å². The molecular formula is C21H25N3O2S. The number of benzene rings is 2. The van der Waals surface area contributed by atoms with E-state index in [1.54, 1.807) is 0 Å². The molecule has 142 valence electrons. The fraction of sp³-hybridized carbons (Fsp3) is 0.381. The molecular weight excluding hydrogens is 358 g/mol. The van der Waals surface area contributed by atoms with Crippen LogP contribution in [0.5, 0.6) is 11.5 Å². The molecule has 0 aliphatic carbocycles. The van der Waals surface area contributed by atoms with Crippen molar-refractivity contribution < 1.29 is 9.47 Å². The summed E-state index contributed by atoms with van der Waals surface area (Å²) in [6.07, 6.45) is 0. The van der Waals surface area contributed by atoms with Crippen molar-refractivity contribution in [3.05, 3.63) is 48.0 Å². The van der Waals surface area contributed by atoms with E-state index in [1.807, 2.05) is 18.2 Å². The summed E-state index contributed by atoms with van der Waals surface area (Å²) in [7, 11) is 0. The van der Waals surface area contributed by atoms with E-state index < -0.39 is 0 Å². The fourth-order valence-electron chi connectivity index (χ4n) is 3.66. The summed E-state index contributed by atoms with van der Waals surface area (Å²) in [6.45, 7) is 8.31. The smallest absolute Gasteiger partial charge is 0.173 e. The first-order valence-corrected chi connectivity index (χ1v) is 9.80. The lowest BCUT2D eigenvalue weighted by atomic mass is 10.1. The molecule has 1 saturated heterocycles. The van der Waals surface area contributed by atoms with Crippen LogP contribution in [0.4, 0.5) is 11.4 Å². The summed E-state index contributed by atoms with van der Waals surface area (Å²) >= 11 is 5.66. The fourth-order valence-corrected chi connectivity index (χ4v) is 3.94. The number of rotatable bonds is 2. The average Bonchev–Trinajstić information content (AvgIpc) is 2.67. The molecule has 0 bridgehead atoms. The molecule has 1 fully saturated rings. The highest BCUT2D eigenvalue weighted by atomic mass is 32.1. The molecule has 2 aliphatic rings. The largest absolute Gasteiger partial charge is 0.486 e. The maximum Gasteiger partial charge on any atom is 0.173 e. The number of ether oxygens (including phenoxy) is 2. The van der Waals surface area contributed by atoms with Gasteiger partial charge in [0.2, 0.25) is 0 Å². The number of nitrogens with zero attached hydrogens (tertiary/aromatic N) is 2. The SMILES string of the molecule is Cc1cccc(N2CCN(C(=S)Nc3ccc4c(c3)OCCO4)CC2C)c1. The van der Waals surface area contributed by atoms with Gasteiger partial charge in [-0.05, 0) is 55.9 Å². The maximum atomic E-state index is 5.66. The Bertz CT molecular complexity index is 842. The molecule has 2 aromatic rings. The predicted molar refractivity (Wildman–Crippen MR) is 113 cm³/mol. The van der Waals surface area contributed by atoms with Gasteiger partial charge in [0, 0.05) is 43.1 Å². The van der Waals surface area contributed by atoms with E-state index in [0.29, 0.717) is 19.3 Å². The van der Waals surface area contributed by atoms with Crippen LogP contribution in [-0.2, 0) is 0 Å². The zero-order valence-electron chi connectivity index (χ0n) is 15.8. The lowest BCUT2D eigenvalue weighted by Crippen LogP contribution is -2.54. The summed E-state index contributed by atoms with van der Waals surface area (Å²) in [5.74, 6) is 1.56. The van der Waals surface area contributed by atoms with Gasteiger partial charge in [0.05, 0.1) is 0 Å². The zero-order valence-corrected chi connectivity index (χ0v) is 16.6. The number of piperazine rings is 1. The van der Waals surface area contributed by atoms with E-state index in [9.17, 15) is 0 Å². The van der Waals surface area contributed by atoms with Gasteiger partial charge in [-0.2, -0.15) is 0 Å². The topological polar surface area (TPSA) is 37.0 Å². The Balaban J connectivity index is 1.39. The van der Waals surface area contributed by atoms with Gasteiger partial charge in [0.15, 0.2) is 16.6 Å². The van der Waals surface area contributed by atoms with Crippen LogP contribution in [0.1, 0.15) is 12.5 Å². The van der Waals surface area contributed by atoms with Crippen molar-refractivity contribution in [1.82, 2.24) is 4.90 Å². The van der Waals surface area contributed by atoms with Crippen LogP contribution in [0.15, 0.2) is 42.5 Å². The highest BCUT2D eigenvalue weighted by molar-refractivity contribution is 7.80. The molecule has 0 spiro atoms. The molecule has 0 radical (unpaired) electrons. The third-order valence-corrected chi connectivity index (χ3v) is 5.40. The molecule has 6 heteroatoms. The number of hydrogen-bond donors (Lipinski definition) is 1. The highest BCUT2D eigenvalue weighted by Crippen LogP contribution is 2.32. The van der Waals surface area contributed by atoms with Crippen LogP contribution in [-0.4, -0.2) is 48.9 Å². The Labute approximate surface area is 165 Å². The molecule has 0 aromatic heterocycles. The van der Waals surface area contributed by atoms with E-state index in [4.69, 9.17) is 21.7 Å². The first-order valence-electron chi connectivity index (χ1n) is 9.39. The molecule has 1 N–H and O–H groups in total. The summed E-state index contributed by atoms with van der Waals surface area (Å²) in [5, 5.41) is 4.10. The van der Waals surface area contributed by atoms with Crippen molar-refractivity contribution in [3.8, 4) is 11.5 Å². The van der Waals surface area contributed by atoms with Gasteiger partial charge in [-0.15, -0.1) is 0 Å². The van der Waals surface area contributed by atoms with E-state index in [-0.39, 0.29) is 0 Å². The maximum absolute atomic E-state index is 5.66. The van der Waals surface area contributed by atoms with Crippen LogP contribution in [0.3, 0.4) is 0 Å². The first-order chi connectivity index (χ1) is 13.1. The Kier molecular flexibility index (Phi) is 5.07. The summed E-state index contributed by atoms with van der Waals surface area (Å²) in [4.78, 5) is 4.69. The minimum Gasteiger partial charge on any atom is -0.486 e. The van der Waals surface area contributed by atoms with Gasteiger partial charge < -0.3 is 24.6 Å². The summed E-state index contributed by atoms with van der Waals surface area (Å²) in [5.41, 5.74) is 3.50. The molecule has 5 nitrogen and oxygen atoms in total. The van der Waals surface area contributed by atoms with Crippen LogP contribution < -0.4 is 19.7 Å². The van der Waals surface area contributed by atoms with Crippen molar-refractivity contribution >= 4 is 28.7 Å². The molecule has 2 aromatic carbocycles. The van der Waals surface area contributed by atoms with E-state index >= 15 is 0 Å². The summed E-state index contributed by atoms with van der Waals surface area (Å²) in [6, 6.07) is 14.9. The minimum absolute atomic E-state index is 0.389. The number of anilines is 2. The van der Waals surface area contributed by atoms with Crippen LogP contribution >= 0.6 is 12.2 Å². The average molecular weight is 384 g/mol. The van der Waals surface area contributed by atoms with Crippen molar-refractivity contribution in [2.24, 2.45) is 0 Å². The van der Waals surface area contributed by atoms with Gasteiger partial charge in [-0.25, -0.2) is 0 Å². The third-order valence-electron chi connectivity index (χ3n) is 5.04. The number of thiocarbonyl (C=S) groups is 1. The van der Waals surface area contributed by atoms with Crippen molar-refractivity contribution in [1.29, 1.82) is 0 Å². The molecule has 2 heterocycles. The normalized spacial score (nSPS) is 19.0. The molecule has 27 heavy (non-hydrogen) atoms. The van der Waals surface area contributed by atoms with Crippen LogP contribution in [0.2, 0.25) is 0 Å². The van der Waals surface area contributed by atoms with Crippen molar-refractivity contribution in [2.75, 3.05) is 43.1 Å². The van der Waals surface area contributed by atoms with Gasteiger partial charge >= 0.3 is 0 Å². The minimum atomic E-state index is 0.389. The Morgan fingerprint density at radius 1 is 1.07 bits per heavy atom. The standard InChI is InChI=1S/C21H25N3O2S/c1-15-4-3-5-18(12-15)24-9-8-23(14-16(24)2)21(27)22-17-6-7-19-20(13-17)26-11-10-25-19/h3-7,12-13,16H,8-11,14H2,1-2H3,(H,22,27). The first kappa shape index (κ1) is 17.9. The van der Waals surface area contributed by atoms with E-state index in [0.717, 1.165) is 41.9 Å². The van der Waals surface area contributed by atoms with Gasteiger partial charge in [-0.3, -0.25) is 0 Å². The second kappa shape index (κ2) is 7.64. The quantitative estimate of drug-likeness (QED) is 0.798. The van der Waals surface area contributed by atoms with E-state index in [2.05, 4.69) is 53.2 Å². The monoisotopic (exact) mass is 383 g/mol. The van der Waals surface area contributed by atoms with Gasteiger partial charge in [0.1, 0.15) is 13.2 Å². The lowest BCUT2D eigenvalue weighted by Gasteiger charge is -2.42. The molecule has 1 unspecified atom stereocenters. The second-order valence-corrected chi connectivity index (χ2v) is 7.50.